The fourth-order valence-corrected chi connectivity index (χ4v) is 4.34. The Labute approximate surface area is 163 Å². The quantitative estimate of drug-likeness (QED) is 0.805. The first kappa shape index (κ1) is 18.7. The summed E-state index contributed by atoms with van der Waals surface area (Å²) in [5.41, 5.74) is -1.48. The summed E-state index contributed by atoms with van der Waals surface area (Å²) in [6.07, 6.45) is -4.05. The van der Waals surface area contributed by atoms with Gasteiger partial charge in [0.15, 0.2) is 5.17 Å². The number of halogens is 3. The maximum absolute atomic E-state index is 14.2. The van der Waals surface area contributed by atoms with Gasteiger partial charge in [-0.05, 0) is 48.0 Å². The second-order valence-corrected chi connectivity index (χ2v) is 7.36. The SMILES string of the molecule is CCc1ccc2c(c1)SC1=NC(c3ccc(OC)cc3)(C(F)(F)F)NC(=O)N12. The standard InChI is InChI=1S/C19H16F3N3O2S/c1-3-11-4-9-14-15(10-11)28-17-24-18(19(20,21)22,23-16(26)25(14)17)12-5-7-13(27-2)8-6-12/h4-10H,3H2,1-2H3,(H,23,26). The number of alkyl halides is 3. The van der Waals surface area contributed by atoms with Gasteiger partial charge >= 0.3 is 12.2 Å². The molecule has 1 N–H and O–H groups in total. The second-order valence-electron chi connectivity index (χ2n) is 6.35. The van der Waals surface area contributed by atoms with Gasteiger partial charge in [-0.15, -0.1) is 0 Å². The van der Waals surface area contributed by atoms with Gasteiger partial charge in [-0.3, -0.25) is 0 Å². The Hall–Kier alpha value is -2.68. The van der Waals surface area contributed by atoms with E-state index in [4.69, 9.17) is 4.74 Å². The molecule has 2 aromatic rings. The van der Waals surface area contributed by atoms with Crippen LogP contribution in [0.4, 0.5) is 23.7 Å². The molecule has 0 spiro atoms. The van der Waals surface area contributed by atoms with E-state index in [1.807, 2.05) is 19.1 Å². The van der Waals surface area contributed by atoms with Gasteiger partial charge in [0.2, 0.25) is 0 Å². The number of hydrogen-bond donors (Lipinski definition) is 1. The summed E-state index contributed by atoms with van der Waals surface area (Å²) in [5, 5.41) is 2.09. The number of thioether (sulfide) groups is 1. The van der Waals surface area contributed by atoms with Crippen molar-refractivity contribution in [3.8, 4) is 5.75 Å². The van der Waals surface area contributed by atoms with Gasteiger partial charge in [0.05, 0.1) is 12.8 Å². The summed E-state index contributed by atoms with van der Waals surface area (Å²) in [5.74, 6) is 0.409. The van der Waals surface area contributed by atoms with Crippen LogP contribution < -0.4 is 15.0 Å². The van der Waals surface area contributed by atoms with Crippen molar-refractivity contribution in [2.24, 2.45) is 4.99 Å². The number of anilines is 1. The normalized spacial score (nSPS) is 21.0. The molecule has 0 aromatic heterocycles. The molecule has 2 aliphatic rings. The molecule has 1 unspecified atom stereocenters. The van der Waals surface area contributed by atoms with Crippen LogP contribution in [0.3, 0.4) is 0 Å². The number of methoxy groups -OCH3 is 1. The first-order valence-electron chi connectivity index (χ1n) is 8.53. The number of nitrogens with one attached hydrogen (secondary N) is 1. The third-order valence-electron chi connectivity index (χ3n) is 4.74. The summed E-state index contributed by atoms with van der Waals surface area (Å²) in [4.78, 5) is 18.6. The molecule has 0 radical (unpaired) electrons. The highest BCUT2D eigenvalue weighted by atomic mass is 32.2. The zero-order valence-corrected chi connectivity index (χ0v) is 15.8. The number of carbonyl (C=O) groups is 1. The first-order valence-corrected chi connectivity index (χ1v) is 9.35. The Balaban J connectivity index is 1.85. The predicted molar refractivity (Wildman–Crippen MR) is 101 cm³/mol. The van der Waals surface area contributed by atoms with E-state index >= 15 is 0 Å². The van der Waals surface area contributed by atoms with Gasteiger partial charge in [0, 0.05) is 10.5 Å². The number of rotatable bonds is 3. The maximum Gasteiger partial charge on any atom is 0.436 e. The van der Waals surface area contributed by atoms with Crippen molar-refractivity contribution >= 4 is 28.6 Å². The number of nitrogens with zero attached hydrogens (tertiary/aromatic N) is 2. The molecule has 1 atom stereocenters. The molecular formula is C19H16F3N3O2S. The molecular weight excluding hydrogens is 391 g/mol. The number of ether oxygens (including phenoxy) is 1. The van der Waals surface area contributed by atoms with Crippen LogP contribution in [0.5, 0.6) is 5.75 Å². The van der Waals surface area contributed by atoms with Gasteiger partial charge in [-0.2, -0.15) is 13.2 Å². The van der Waals surface area contributed by atoms with Crippen LogP contribution in [0, 0.1) is 0 Å². The van der Waals surface area contributed by atoms with Crippen LogP contribution >= 0.6 is 11.8 Å². The number of benzene rings is 2. The number of hydrogen-bond acceptors (Lipinski definition) is 4. The largest absolute Gasteiger partial charge is 0.497 e. The molecule has 4 rings (SSSR count). The zero-order chi connectivity index (χ0) is 20.1. The Morgan fingerprint density at radius 1 is 1.21 bits per heavy atom. The van der Waals surface area contributed by atoms with Crippen LogP contribution in [0.2, 0.25) is 0 Å². The topological polar surface area (TPSA) is 53.9 Å². The molecule has 146 valence electrons. The number of fused-ring (bicyclic) bond motifs is 3. The minimum absolute atomic E-state index is 0.000135. The third kappa shape index (κ3) is 2.72. The molecule has 2 aromatic carbocycles. The Morgan fingerprint density at radius 2 is 1.93 bits per heavy atom. The van der Waals surface area contributed by atoms with E-state index in [0.29, 0.717) is 16.3 Å². The average molecular weight is 407 g/mol. The number of amidine groups is 1. The van der Waals surface area contributed by atoms with Crippen molar-refractivity contribution < 1.29 is 22.7 Å². The smallest absolute Gasteiger partial charge is 0.436 e. The van der Waals surface area contributed by atoms with Crippen LogP contribution in [0.25, 0.3) is 0 Å². The monoisotopic (exact) mass is 407 g/mol. The van der Waals surface area contributed by atoms with E-state index in [2.05, 4.69) is 10.3 Å². The Kier molecular flexibility index (Phi) is 4.29. The highest BCUT2D eigenvalue weighted by molar-refractivity contribution is 8.15. The lowest BCUT2D eigenvalue weighted by Crippen LogP contribution is -2.62. The van der Waals surface area contributed by atoms with Crippen molar-refractivity contribution in [2.45, 2.75) is 30.1 Å². The minimum atomic E-state index is -4.83. The summed E-state index contributed by atoms with van der Waals surface area (Å²) in [6.45, 7) is 1.98. The Morgan fingerprint density at radius 3 is 2.54 bits per heavy atom. The van der Waals surface area contributed by atoms with Crippen LogP contribution in [-0.2, 0) is 12.1 Å². The molecule has 0 saturated heterocycles. The molecule has 0 saturated carbocycles. The highest BCUT2D eigenvalue weighted by Crippen LogP contribution is 2.48. The second kappa shape index (κ2) is 6.44. The van der Waals surface area contributed by atoms with E-state index in [9.17, 15) is 18.0 Å². The lowest BCUT2D eigenvalue weighted by molar-refractivity contribution is -0.195. The van der Waals surface area contributed by atoms with E-state index in [1.54, 1.807) is 6.07 Å². The molecule has 2 amide bonds. The molecule has 28 heavy (non-hydrogen) atoms. The summed E-state index contributed by atoms with van der Waals surface area (Å²) in [7, 11) is 1.42. The van der Waals surface area contributed by atoms with Crippen LogP contribution in [0.1, 0.15) is 18.1 Å². The molecule has 0 bridgehead atoms. The van der Waals surface area contributed by atoms with E-state index in [0.717, 1.165) is 23.7 Å². The molecule has 9 heteroatoms. The van der Waals surface area contributed by atoms with E-state index < -0.39 is 17.9 Å². The van der Waals surface area contributed by atoms with Gasteiger partial charge in [0.25, 0.3) is 5.66 Å². The molecule has 5 nitrogen and oxygen atoms in total. The average Bonchev–Trinajstić information content (AvgIpc) is 3.04. The highest BCUT2D eigenvalue weighted by Gasteiger charge is 2.61. The fourth-order valence-electron chi connectivity index (χ4n) is 3.21. The molecule has 2 heterocycles. The fraction of sp³-hybridized carbons (Fsp3) is 0.263. The maximum atomic E-state index is 14.2. The Bertz CT molecular complexity index is 975. The van der Waals surface area contributed by atoms with Gasteiger partial charge in [0.1, 0.15) is 5.75 Å². The van der Waals surface area contributed by atoms with Gasteiger partial charge in [-0.1, -0.05) is 25.1 Å². The van der Waals surface area contributed by atoms with Crippen molar-refractivity contribution in [1.82, 2.24) is 5.32 Å². The predicted octanol–water partition coefficient (Wildman–Crippen LogP) is 4.66. The van der Waals surface area contributed by atoms with Crippen molar-refractivity contribution in [2.75, 3.05) is 12.0 Å². The zero-order valence-electron chi connectivity index (χ0n) is 15.0. The third-order valence-corrected chi connectivity index (χ3v) is 5.74. The van der Waals surface area contributed by atoms with Crippen LogP contribution in [-0.4, -0.2) is 24.5 Å². The van der Waals surface area contributed by atoms with E-state index in [1.165, 1.54) is 36.3 Å². The molecule has 2 aliphatic heterocycles. The van der Waals surface area contributed by atoms with Crippen LogP contribution in [0.15, 0.2) is 52.4 Å². The summed E-state index contributed by atoms with van der Waals surface area (Å²) < 4.78 is 47.5. The van der Waals surface area contributed by atoms with E-state index in [-0.39, 0.29) is 10.7 Å². The van der Waals surface area contributed by atoms with Crippen molar-refractivity contribution in [3.63, 3.8) is 0 Å². The lowest BCUT2D eigenvalue weighted by atomic mass is 9.98. The molecule has 0 fully saturated rings. The number of amides is 2. The summed E-state index contributed by atoms with van der Waals surface area (Å²) >= 11 is 1.06. The number of urea groups is 1. The van der Waals surface area contributed by atoms with Gasteiger partial charge < -0.3 is 10.1 Å². The number of carbonyl (C=O) groups excluding carboxylic acids is 1. The van der Waals surface area contributed by atoms with Gasteiger partial charge in [-0.25, -0.2) is 14.7 Å². The molecule has 0 aliphatic carbocycles. The lowest BCUT2D eigenvalue weighted by Gasteiger charge is -2.38. The van der Waals surface area contributed by atoms with Crippen molar-refractivity contribution in [1.29, 1.82) is 0 Å². The number of aliphatic imine (C=N–C) groups is 1. The summed E-state index contributed by atoms with van der Waals surface area (Å²) in [6, 6.07) is 9.92. The first-order chi connectivity index (χ1) is 13.3. The van der Waals surface area contributed by atoms with Crippen molar-refractivity contribution in [3.05, 3.63) is 53.6 Å². The number of aryl methyl sites for hydroxylation is 1. The minimum Gasteiger partial charge on any atom is -0.497 e.